The van der Waals surface area contributed by atoms with E-state index in [-0.39, 0.29) is 31.2 Å². The van der Waals surface area contributed by atoms with Crippen LogP contribution in [0.15, 0.2) is 54.6 Å². The second-order valence-electron chi connectivity index (χ2n) is 6.12. The summed E-state index contributed by atoms with van der Waals surface area (Å²) in [5.41, 5.74) is -0.668. The Labute approximate surface area is 186 Å². The number of hydrogen-bond donors (Lipinski definition) is 3. The predicted molar refractivity (Wildman–Crippen MR) is 114 cm³/mol. The molecule has 3 aromatic rings. The summed E-state index contributed by atoms with van der Waals surface area (Å²) in [6.45, 7) is 0. The fraction of sp³-hybridized carbons (Fsp3) is 0.0526. The maximum absolute atomic E-state index is 13.0. The van der Waals surface area contributed by atoms with Gasteiger partial charge in [0.1, 0.15) is 11.5 Å². The highest BCUT2D eigenvalue weighted by molar-refractivity contribution is 7.87. The van der Waals surface area contributed by atoms with Crippen molar-refractivity contribution in [2.45, 2.75) is 4.75 Å². The smallest absolute Gasteiger partial charge is 0.283 e. The molecule has 0 saturated carbocycles. The van der Waals surface area contributed by atoms with E-state index in [1.54, 1.807) is 6.07 Å². The van der Waals surface area contributed by atoms with Crippen molar-refractivity contribution in [2.24, 2.45) is 0 Å². The molecular formula is C19H12Cl4O5S. The average molecular weight is 494 g/mol. The van der Waals surface area contributed by atoms with E-state index in [9.17, 15) is 23.2 Å². The van der Waals surface area contributed by atoms with Crippen molar-refractivity contribution in [3.63, 3.8) is 0 Å². The minimum absolute atomic E-state index is 0.0416. The molecule has 0 aromatic heterocycles. The Morgan fingerprint density at radius 2 is 1.34 bits per heavy atom. The SMILES string of the molecule is O=S(=O)(O)C(c1cc(Cl)cc(Cl)c1)(c1ccccc1Cl)c1cc(O)cc(Cl)c1O. The minimum Gasteiger partial charge on any atom is -0.508 e. The molecule has 0 aliphatic rings. The van der Waals surface area contributed by atoms with Gasteiger partial charge in [-0.3, -0.25) is 4.55 Å². The van der Waals surface area contributed by atoms with Crippen molar-refractivity contribution in [1.29, 1.82) is 0 Å². The van der Waals surface area contributed by atoms with E-state index in [0.29, 0.717) is 0 Å². The minimum atomic E-state index is -5.13. The molecule has 3 N–H and O–H groups in total. The van der Waals surface area contributed by atoms with Crippen LogP contribution < -0.4 is 0 Å². The number of hydrogen-bond acceptors (Lipinski definition) is 4. The highest BCUT2D eigenvalue weighted by atomic mass is 35.5. The first-order valence-electron chi connectivity index (χ1n) is 7.89. The Bertz CT molecular complexity index is 1190. The van der Waals surface area contributed by atoms with E-state index in [1.807, 2.05) is 0 Å². The van der Waals surface area contributed by atoms with Gasteiger partial charge in [-0.15, -0.1) is 0 Å². The summed E-state index contributed by atoms with van der Waals surface area (Å²) in [6.07, 6.45) is 0. The second-order valence-corrected chi connectivity index (χ2v) is 9.37. The summed E-state index contributed by atoms with van der Waals surface area (Å²) in [4.78, 5) is 0. The van der Waals surface area contributed by atoms with Crippen LogP contribution in [0.1, 0.15) is 16.7 Å². The van der Waals surface area contributed by atoms with Gasteiger partial charge in [-0.25, -0.2) is 0 Å². The summed E-state index contributed by atoms with van der Waals surface area (Å²) >= 11 is 24.5. The van der Waals surface area contributed by atoms with Crippen LogP contribution in [-0.4, -0.2) is 23.2 Å². The highest BCUT2D eigenvalue weighted by Gasteiger charge is 2.52. The highest BCUT2D eigenvalue weighted by Crippen LogP contribution is 2.52. The van der Waals surface area contributed by atoms with Gasteiger partial charge in [-0.1, -0.05) is 64.6 Å². The van der Waals surface area contributed by atoms with Gasteiger partial charge in [0.2, 0.25) is 0 Å². The van der Waals surface area contributed by atoms with Crippen LogP contribution in [0, 0.1) is 0 Å². The van der Waals surface area contributed by atoms with Gasteiger partial charge in [-0.05, 0) is 35.9 Å². The molecule has 0 bridgehead atoms. The molecule has 3 rings (SSSR count). The van der Waals surface area contributed by atoms with Gasteiger partial charge in [0.15, 0.2) is 4.75 Å². The molecule has 1 unspecified atom stereocenters. The maximum atomic E-state index is 13.0. The van der Waals surface area contributed by atoms with Gasteiger partial charge >= 0.3 is 0 Å². The molecule has 0 aliphatic carbocycles. The quantitative estimate of drug-likeness (QED) is 0.239. The largest absolute Gasteiger partial charge is 0.508 e. The average Bonchev–Trinajstić information content (AvgIpc) is 2.59. The molecule has 5 nitrogen and oxygen atoms in total. The van der Waals surface area contributed by atoms with Crippen molar-refractivity contribution in [1.82, 2.24) is 0 Å². The summed E-state index contributed by atoms with van der Waals surface area (Å²) in [5, 5.41) is 20.5. The topological polar surface area (TPSA) is 94.8 Å². The third-order valence-corrected chi connectivity index (χ3v) is 6.84. The van der Waals surface area contributed by atoms with Crippen LogP contribution in [0.2, 0.25) is 20.1 Å². The normalized spacial score (nSPS) is 13.8. The molecule has 152 valence electrons. The molecule has 0 heterocycles. The van der Waals surface area contributed by atoms with Crippen molar-refractivity contribution in [2.75, 3.05) is 0 Å². The van der Waals surface area contributed by atoms with Crippen molar-refractivity contribution < 1.29 is 23.2 Å². The molecule has 1 atom stereocenters. The van der Waals surface area contributed by atoms with E-state index in [4.69, 9.17) is 46.4 Å². The molecule has 0 fully saturated rings. The number of benzene rings is 3. The van der Waals surface area contributed by atoms with Crippen LogP contribution in [0.4, 0.5) is 0 Å². The third-order valence-electron chi connectivity index (χ3n) is 4.34. The van der Waals surface area contributed by atoms with E-state index in [2.05, 4.69) is 0 Å². The third kappa shape index (κ3) is 3.77. The van der Waals surface area contributed by atoms with Crippen molar-refractivity contribution in [3.05, 3.63) is 91.4 Å². The number of halogens is 4. The molecular weight excluding hydrogens is 482 g/mol. The predicted octanol–water partition coefficient (Wildman–Crippen LogP) is 5.89. The summed E-state index contributed by atoms with van der Waals surface area (Å²) < 4.78 is 33.9. The molecule has 0 amide bonds. The molecule has 29 heavy (non-hydrogen) atoms. The Morgan fingerprint density at radius 3 is 1.90 bits per heavy atom. The zero-order valence-electron chi connectivity index (χ0n) is 14.3. The number of phenols is 2. The monoisotopic (exact) mass is 492 g/mol. The zero-order chi connectivity index (χ0) is 21.6. The molecule has 3 aromatic carbocycles. The number of phenolic OH excluding ortho intramolecular Hbond substituents is 2. The Hall–Kier alpha value is -1.67. The lowest BCUT2D eigenvalue weighted by molar-refractivity contribution is 0.435. The Balaban J connectivity index is 2.65. The lowest BCUT2D eigenvalue weighted by Gasteiger charge is -2.34. The fourth-order valence-electron chi connectivity index (χ4n) is 3.24. The van der Waals surface area contributed by atoms with E-state index in [1.165, 1.54) is 36.4 Å². The van der Waals surface area contributed by atoms with Crippen LogP contribution in [0.5, 0.6) is 11.5 Å². The van der Waals surface area contributed by atoms with Crippen molar-refractivity contribution in [3.8, 4) is 11.5 Å². The summed E-state index contributed by atoms with van der Waals surface area (Å²) in [5.74, 6) is -1.13. The van der Waals surface area contributed by atoms with E-state index >= 15 is 0 Å². The fourth-order valence-corrected chi connectivity index (χ4v) is 5.62. The van der Waals surface area contributed by atoms with Gasteiger partial charge in [0, 0.05) is 32.3 Å². The molecule has 0 aliphatic heterocycles. The molecule has 0 spiro atoms. The van der Waals surface area contributed by atoms with Gasteiger partial charge in [0.05, 0.1) is 5.02 Å². The van der Waals surface area contributed by atoms with Crippen LogP contribution in [0.3, 0.4) is 0 Å². The number of rotatable bonds is 4. The Kier molecular flexibility index (Phi) is 5.98. The van der Waals surface area contributed by atoms with Crippen LogP contribution >= 0.6 is 46.4 Å². The lowest BCUT2D eigenvalue weighted by atomic mass is 9.83. The summed E-state index contributed by atoms with van der Waals surface area (Å²) in [7, 11) is -5.13. The standard InChI is InChI=1S/C19H12Cl4O5S/c20-11-5-10(6-12(21)7-11)19(29(26,27)28,14-3-1-2-4-16(14)22)15-8-13(24)9-17(23)18(15)25/h1-9,24-25H,(H,26,27,28). The molecule has 10 heteroatoms. The first-order valence-corrected chi connectivity index (χ1v) is 10.8. The maximum Gasteiger partial charge on any atom is 0.283 e. The second kappa shape index (κ2) is 7.87. The first-order chi connectivity index (χ1) is 13.5. The van der Waals surface area contributed by atoms with E-state index in [0.717, 1.165) is 12.1 Å². The van der Waals surface area contributed by atoms with Gasteiger partial charge in [0.25, 0.3) is 10.1 Å². The first kappa shape index (κ1) is 22.0. The van der Waals surface area contributed by atoms with Crippen LogP contribution in [0.25, 0.3) is 0 Å². The lowest BCUT2D eigenvalue weighted by Crippen LogP contribution is -2.38. The van der Waals surface area contributed by atoms with Gasteiger partial charge in [-0.2, -0.15) is 8.42 Å². The zero-order valence-corrected chi connectivity index (χ0v) is 18.1. The van der Waals surface area contributed by atoms with Crippen LogP contribution in [-0.2, 0) is 14.9 Å². The van der Waals surface area contributed by atoms with Crippen molar-refractivity contribution >= 4 is 56.5 Å². The van der Waals surface area contributed by atoms with E-state index < -0.39 is 31.9 Å². The molecule has 0 saturated heterocycles. The number of aromatic hydroxyl groups is 2. The van der Waals surface area contributed by atoms with Gasteiger partial charge < -0.3 is 10.2 Å². The molecule has 0 radical (unpaired) electrons. The summed E-state index contributed by atoms with van der Waals surface area (Å²) in [6, 6.07) is 11.7. The Morgan fingerprint density at radius 1 is 0.759 bits per heavy atom.